The summed E-state index contributed by atoms with van der Waals surface area (Å²) in [5.74, 6) is 0. The normalized spacial score (nSPS) is 15.2. The highest BCUT2D eigenvalue weighted by Gasteiger charge is 2.18. The highest BCUT2D eigenvalue weighted by molar-refractivity contribution is 7.86. The number of rotatable bonds is 5. The molecule has 4 heteroatoms. The van der Waals surface area contributed by atoms with Gasteiger partial charge in [-0.25, -0.2) is 0 Å². The van der Waals surface area contributed by atoms with Crippen LogP contribution < -0.4 is 0 Å². The van der Waals surface area contributed by atoms with Gasteiger partial charge in [0.2, 0.25) is 0 Å². The summed E-state index contributed by atoms with van der Waals surface area (Å²) in [4.78, 5) is 0. The van der Waals surface area contributed by atoms with Gasteiger partial charge in [0.25, 0.3) is 10.1 Å². The number of allylic oxidation sites excluding steroid dienone is 1. The molecule has 1 unspecified atom stereocenters. The van der Waals surface area contributed by atoms with Gasteiger partial charge in [-0.2, -0.15) is 8.42 Å². The van der Waals surface area contributed by atoms with Crippen molar-refractivity contribution < 1.29 is 13.0 Å². The fraction of sp³-hybridized carbons (Fsp3) is 0.750. The Labute approximate surface area is 74.2 Å². The van der Waals surface area contributed by atoms with E-state index in [0.717, 1.165) is 12.8 Å². The number of unbranched alkanes of at least 4 members (excludes halogenated alkanes) is 1. The van der Waals surface area contributed by atoms with Crippen LogP contribution >= 0.6 is 0 Å². The Morgan fingerprint density at radius 2 is 2.08 bits per heavy atom. The van der Waals surface area contributed by atoms with Crippen LogP contribution in [0.1, 0.15) is 33.1 Å². The molecule has 1 atom stereocenters. The monoisotopic (exact) mass is 192 g/mol. The zero-order valence-corrected chi connectivity index (χ0v) is 8.34. The van der Waals surface area contributed by atoms with Crippen molar-refractivity contribution in [2.45, 2.75) is 38.4 Å². The van der Waals surface area contributed by atoms with Crippen molar-refractivity contribution in [1.82, 2.24) is 0 Å². The van der Waals surface area contributed by atoms with E-state index in [2.05, 4.69) is 0 Å². The standard InChI is InChI=1S/C8H16O3S/c1-3-5-7-8(6-4-2)12(9,10)11/h4,6,8H,3,5,7H2,1-2H3,(H,9,10,11)/b6-4-. The Balaban J connectivity index is 4.25. The Bertz CT molecular complexity index is 229. The van der Waals surface area contributed by atoms with Gasteiger partial charge < -0.3 is 0 Å². The number of hydrogen-bond donors (Lipinski definition) is 1. The van der Waals surface area contributed by atoms with E-state index in [1.807, 2.05) is 6.92 Å². The predicted octanol–water partition coefficient (Wildman–Crippen LogP) is 2.01. The lowest BCUT2D eigenvalue weighted by Gasteiger charge is -2.07. The summed E-state index contributed by atoms with van der Waals surface area (Å²) in [6.45, 7) is 3.72. The third-order valence-corrected chi connectivity index (χ3v) is 2.79. The molecule has 0 saturated carbocycles. The van der Waals surface area contributed by atoms with Gasteiger partial charge in [0, 0.05) is 0 Å². The molecule has 0 fully saturated rings. The third kappa shape index (κ3) is 4.51. The fourth-order valence-electron chi connectivity index (χ4n) is 0.964. The van der Waals surface area contributed by atoms with Crippen molar-refractivity contribution in [3.05, 3.63) is 12.2 Å². The van der Waals surface area contributed by atoms with Crippen molar-refractivity contribution in [2.75, 3.05) is 0 Å². The average molecular weight is 192 g/mol. The lowest BCUT2D eigenvalue weighted by atomic mass is 10.2. The molecular formula is C8H16O3S. The van der Waals surface area contributed by atoms with Gasteiger partial charge >= 0.3 is 0 Å². The number of hydrogen-bond acceptors (Lipinski definition) is 2. The third-order valence-electron chi connectivity index (χ3n) is 1.63. The minimum Gasteiger partial charge on any atom is -0.285 e. The molecule has 1 N–H and O–H groups in total. The molecule has 0 rings (SSSR count). The molecule has 0 heterocycles. The summed E-state index contributed by atoms with van der Waals surface area (Å²) < 4.78 is 30.2. The first-order valence-corrected chi connectivity index (χ1v) is 5.61. The largest absolute Gasteiger partial charge is 0.285 e. The van der Waals surface area contributed by atoms with Crippen LogP contribution in [0.15, 0.2) is 12.2 Å². The average Bonchev–Trinajstić information content (AvgIpc) is 1.95. The van der Waals surface area contributed by atoms with Crippen LogP contribution in [0.5, 0.6) is 0 Å². The molecule has 0 aromatic heterocycles. The summed E-state index contributed by atoms with van der Waals surface area (Å²) in [7, 11) is -3.89. The minimum absolute atomic E-state index is 0.500. The summed E-state index contributed by atoms with van der Waals surface area (Å²) in [6.07, 6.45) is 5.41. The first kappa shape index (κ1) is 11.6. The van der Waals surface area contributed by atoms with Gasteiger partial charge in [0.15, 0.2) is 0 Å². The molecule has 72 valence electrons. The van der Waals surface area contributed by atoms with Gasteiger partial charge in [-0.3, -0.25) is 4.55 Å². The molecule has 0 aromatic rings. The molecule has 0 aliphatic carbocycles. The molecule has 0 aliphatic rings. The molecule has 3 nitrogen and oxygen atoms in total. The van der Waals surface area contributed by atoms with Crippen molar-refractivity contribution >= 4 is 10.1 Å². The van der Waals surface area contributed by atoms with Crippen molar-refractivity contribution in [3.63, 3.8) is 0 Å². The van der Waals surface area contributed by atoms with E-state index in [1.165, 1.54) is 6.08 Å². The zero-order valence-electron chi connectivity index (χ0n) is 7.53. The summed E-state index contributed by atoms with van der Waals surface area (Å²) in [5, 5.41) is -0.720. The lowest BCUT2D eigenvalue weighted by molar-refractivity contribution is 0.469. The summed E-state index contributed by atoms with van der Waals surface area (Å²) >= 11 is 0. The molecule has 0 radical (unpaired) electrons. The quantitative estimate of drug-likeness (QED) is 0.535. The zero-order chi connectivity index (χ0) is 9.61. The van der Waals surface area contributed by atoms with Crippen LogP contribution in [-0.2, 0) is 10.1 Å². The van der Waals surface area contributed by atoms with Gasteiger partial charge in [0.05, 0.1) is 0 Å². The summed E-state index contributed by atoms with van der Waals surface area (Å²) in [6, 6.07) is 0. The smallest absolute Gasteiger partial charge is 0.271 e. The molecular weight excluding hydrogens is 176 g/mol. The van der Waals surface area contributed by atoms with E-state index in [1.54, 1.807) is 13.0 Å². The van der Waals surface area contributed by atoms with Gasteiger partial charge in [0.1, 0.15) is 5.25 Å². The lowest BCUT2D eigenvalue weighted by Crippen LogP contribution is -2.17. The summed E-state index contributed by atoms with van der Waals surface area (Å²) in [5.41, 5.74) is 0. The molecule has 0 aromatic carbocycles. The van der Waals surface area contributed by atoms with Crippen LogP contribution in [0.4, 0.5) is 0 Å². The SMILES string of the molecule is C/C=C\C(CCCC)S(=O)(=O)O. The van der Waals surface area contributed by atoms with Crippen molar-refractivity contribution in [1.29, 1.82) is 0 Å². The maximum Gasteiger partial charge on any atom is 0.271 e. The van der Waals surface area contributed by atoms with Crippen LogP contribution in [0.3, 0.4) is 0 Å². The first-order chi connectivity index (χ1) is 5.52. The minimum atomic E-state index is -3.89. The fourth-order valence-corrected chi connectivity index (χ4v) is 1.78. The Hall–Kier alpha value is -0.350. The first-order valence-electron chi connectivity index (χ1n) is 4.11. The van der Waals surface area contributed by atoms with E-state index in [-0.39, 0.29) is 0 Å². The van der Waals surface area contributed by atoms with E-state index in [9.17, 15) is 8.42 Å². The van der Waals surface area contributed by atoms with Crippen LogP contribution in [0.25, 0.3) is 0 Å². The van der Waals surface area contributed by atoms with Gasteiger partial charge in [-0.1, -0.05) is 31.9 Å². The second kappa shape index (κ2) is 5.32. The van der Waals surface area contributed by atoms with E-state index < -0.39 is 15.4 Å². The Morgan fingerprint density at radius 3 is 2.42 bits per heavy atom. The molecule has 0 bridgehead atoms. The second-order valence-corrected chi connectivity index (χ2v) is 4.36. The highest BCUT2D eigenvalue weighted by Crippen LogP contribution is 2.10. The van der Waals surface area contributed by atoms with E-state index in [4.69, 9.17) is 4.55 Å². The van der Waals surface area contributed by atoms with Crippen molar-refractivity contribution in [2.24, 2.45) is 0 Å². The molecule has 12 heavy (non-hydrogen) atoms. The molecule has 0 aliphatic heterocycles. The van der Waals surface area contributed by atoms with Crippen LogP contribution in [0, 0.1) is 0 Å². The predicted molar refractivity (Wildman–Crippen MR) is 49.7 cm³/mol. The van der Waals surface area contributed by atoms with Gasteiger partial charge in [-0.05, 0) is 13.3 Å². The maximum absolute atomic E-state index is 10.7. The Morgan fingerprint density at radius 1 is 1.50 bits per heavy atom. The molecule has 0 amide bonds. The van der Waals surface area contributed by atoms with Crippen LogP contribution in [-0.4, -0.2) is 18.2 Å². The van der Waals surface area contributed by atoms with E-state index >= 15 is 0 Å². The van der Waals surface area contributed by atoms with Crippen molar-refractivity contribution in [3.8, 4) is 0 Å². The topological polar surface area (TPSA) is 54.4 Å². The second-order valence-electron chi connectivity index (χ2n) is 2.72. The maximum atomic E-state index is 10.7. The highest BCUT2D eigenvalue weighted by atomic mass is 32.2. The molecule has 0 spiro atoms. The van der Waals surface area contributed by atoms with Gasteiger partial charge in [-0.15, -0.1) is 0 Å². The Kier molecular flexibility index (Phi) is 5.17. The van der Waals surface area contributed by atoms with Crippen LogP contribution in [0.2, 0.25) is 0 Å². The van der Waals surface area contributed by atoms with E-state index in [0.29, 0.717) is 6.42 Å². The molecule has 0 saturated heterocycles.